The highest BCUT2D eigenvalue weighted by molar-refractivity contribution is 5.69. The van der Waals surface area contributed by atoms with Gasteiger partial charge in [-0.15, -0.1) is 0 Å². The number of aliphatic hydroxyl groups is 7. The Balaban J connectivity index is 1.65. The van der Waals surface area contributed by atoms with E-state index in [0.29, 0.717) is 13.0 Å². The zero-order chi connectivity index (χ0) is 49.5. The standard InChI is InChI=1S/C54H102O14/c1-3-5-7-9-11-13-14-15-16-17-18-19-20-21-22-23-24-25-26-27-28-29-31-33-35-37-46(56)66-43(40-63-38-36-34-32-30-12-10-8-6-4-2)41-64-53-52(62)50(60)48(58)45(68-53)42-65-54-51(61)49(59)47(57)44(39-55)67-54/h17-18,43-45,47-55,57-62H,3-16,19-42H2,1-2H3/b18-17-. The van der Waals surface area contributed by atoms with E-state index in [0.717, 1.165) is 38.5 Å². The molecule has 0 aliphatic carbocycles. The van der Waals surface area contributed by atoms with E-state index < -0.39 is 80.7 Å². The lowest BCUT2D eigenvalue weighted by Gasteiger charge is -2.42. The third-order valence-corrected chi connectivity index (χ3v) is 13.5. The highest BCUT2D eigenvalue weighted by Crippen LogP contribution is 2.27. The third-order valence-electron chi connectivity index (χ3n) is 13.5. The van der Waals surface area contributed by atoms with Gasteiger partial charge in [0.2, 0.25) is 0 Å². The monoisotopic (exact) mass is 975 g/mol. The Hall–Kier alpha value is -1.27. The summed E-state index contributed by atoms with van der Waals surface area (Å²) in [4.78, 5) is 13.0. The van der Waals surface area contributed by atoms with Crippen LogP contribution in [0.1, 0.15) is 226 Å². The number of esters is 1. The van der Waals surface area contributed by atoms with Crippen LogP contribution in [0.2, 0.25) is 0 Å². The smallest absolute Gasteiger partial charge is 0.306 e. The van der Waals surface area contributed by atoms with Gasteiger partial charge in [-0.3, -0.25) is 4.79 Å². The van der Waals surface area contributed by atoms with Crippen LogP contribution < -0.4 is 0 Å². The quantitative estimate of drug-likeness (QED) is 0.0172. The number of aliphatic hydroxyl groups excluding tert-OH is 7. The molecule has 14 heteroatoms. The molecule has 2 aliphatic rings. The molecule has 0 saturated carbocycles. The van der Waals surface area contributed by atoms with E-state index in [1.165, 1.54) is 161 Å². The summed E-state index contributed by atoms with van der Waals surface area (Å²) in [5, 5.41) is 72.1. The van der Waals surface area contributed by atoms with Gasteiger partial charge in [0.05, 0.1) is 26.4 Å². The molecule has 0 spiro atoms. The van der Waals surface area contributed by atoms with Crippen LogP contribution in [0.3, 0.4) is 0 Å². The summed E-state index contributed by atoms with van der Waals surface area (Å²) in [5.74, 6) is -0.373. The van der Waals surface area contributed by atoms with Crippen molar-refractivity contribution >= 4 is 5.97 Å². The molecule has 0 aromatic carbocycles. The SMILES string of the molecule is CCCCCCCCCC/C=C\CCCCCCCCCCCCCCCC(=O)OC(COCCCCCCCCCCC)COC1OC(COC2OC(CO)C(O)C(O)C2O)C(O)C(O)C1O. The average molecular weight is 975 g/mol. The molecule has 11 atom stereocenters. The Morgan fingerprint density at radius 2 is 0.868 bits per heavy atom. The van der Waals surface area contributed by atoms with E-state index in [2.05, 4.69) is 26.0 Å². The fourth-order valence-corrected chi connectivity index (χ4v) is 8.99. The molecule has 7 N–H and O–H groups in total. The van der Waals surface area contributed by atoms with Gasteiger partial charge in [-0.2, -0.15) is 0 Å². The molecule has 2 fully saturated rings. The van der Waals surface area contributed by atoms with Crippen molar-refractivity contribution < 1.29 is 69.0 Å². The molecule has 68 heavy (non-hydrogen) atoms. The van der Waals surface area contributed by atoms with Gasteiger partial charge in [-0.25, -0.2) is 0 Å². The van der Waals surface area contributed by atoms with Crippen molar-refractivity contribution in [3.63, 3.8) is 0 Å². The van der Waals surface area contributed by atoms with E-state index in [1.807, 2.05) is 0 Å². The van der Waals surface area contributed by atoms with Gasteiger partial charge < -0.3 is 64.2 Å². The first-order valence-electron chi connectivity index (χ1n) is 27.8. The van der Waals surface area contributed by atoms with E-state index in [-0.39, 0.29) is 25.6 Å². The zero-order valence-corrected chi connectivity index (χ0v) is 42.9. The highest BCUT2D eigenvalue weighted by atomic mass is 16.7. The molecular weight excluding hydrogens is 873 g/mol. The molecule has 0 radical (unpaired) electrons. The summed E-state index contributed by atoms with van der Waals surface area (Å²) in [6.07, 6.45) is 28.7. The molecule has 0 bridgehead atoms. The maximum absolute atomic E-state index is 13.0. The molecule has 0 amide bonds. The van der Waals surface area contributed by atoms with Crippen molar-refractivity contribution in [1.29, 1.82) is 0 Å². The van der Waals surface area contributed by atoms with Crippen LogP contribution >= 0.6 is 0 Å². The highest BCUT2D eigenvalue weighted by Gasteiger charge is 2.47. The molecule has 0 aromatic heterocycles. The minimum atomic E-state index is -1.70. The van der Waals surface area contributed by atoms with Crippen molar-refractivity contribution in [3.05, 3.63) is 12.2 Å². The van der Waals surface area contributed by atoms with Crippen molar-refractivity contribution in [1.82, 2.24) is 0 Å². The fraction of sp³-hybridized carbons (Fsp3) is 0.944. The Morgan fingerprint density at radius 3 is 1.34 bits per heavy atom. The maximum atomic E-state index is 13.0. The first-order valence-corrected chi connectivity index (χ1v) is 27.8. The van der Waals surface area contributed by atoms with Crippen LogP contribution in [0.25, 0.3) is 0 Å². The van der Waals surface area contributed by atoms with Crippen LogP contribution in [-0.2, 0) is 33.2 Å². The van der Waals surface area contributed by atoms with E-state index >= 15 is 0 Å². The van der Waals surface area contributed by atoms with Gasteiger partial charge in [0.15, 0.2) is 12.6 Å². The molecular formula is C54H102O14. The minimum Gasteiger partial charge on any atom is -0.457 e. The number of hydrogen-bond donors (Lipinski definition) is 7. The Kier molecular flexibility index (Phi) is 39.1. The van der Waals surface area contributed by atoms with Gasteiger partial charge in [0.25, 0.3) is 0 Å². The summed E-state index contributed by atoms with van der Waals surface area (Å²) in [6.45, 7) is 3.70. The maximum Gasteiger partial charge on any atom is 0.306 e. The summed E-state index contributed by atoms with van der Waals surface area (Å²) >= 11 is 0. The van der Waals surface area contributed by atoms with E-state index in [1.54, 1.807) is 0 Å². The summed E-state index contributed by atoms with van der Waals surface area (Å²) in [7, 11) is 0. The fourth-order valence-electron chi connectivity index (χ4n) is 8.99. The summed E-state index contributed by atoms with van der Waals surface area (Å²) < 4.78 is 34.2. The first kappa shape index (κ1) is 62.8. The second kappa shape index (κ2) is 42.3. The number of unbranched alkanes of at least 4 members (excludes halogenated alkanes) is 29. The van der Waals surface area contributed by atoms with E-state index in [4.69, 9.17) is 28.4 Å². The second-order valence-corrected chi connectivity index (χ2v) is 19.8. The van der Waals surface area contributed by atoms with Crippen molar-refractivity contribution in [2.45, 2.75) is 293 Å². The van der Waals surface area contributed by atoms with Gasteiger partial charge >= 0.3 is 5.97 Å². The topological polar surface area (TPSA) is 214 Å². The van der Waals surface area contributed by atoms with Crippen LogP contribution in [0.4, 0.5) is 0 Å². The molecule has 2 rings (SSSR count). The predicted molar refractivity (Wildman–Crippen MR) is 266 cm³/mol. The first-order chi connectivity index (χ1) is 33.1. The number of rotatable bonds is 45. The van der Waals surface area contributed by atoms with Gasteiger partial charge in [0.1, 0.15) is 54.9 Å². The summed E-state index contributed by atoms with van der Waals surface area (Å²) in [5.41, 5.74) is 0. The van der Waals surface area contributed by atoms with Crippen LogP contribution in [0.15, 0.2) is 12.2 Å². The van der Waals surface area contributed by atoms with Gasteiger partial charge in [-0.1, -0.05) is 193 Å². The molecule has 2 saturated heterocycles. The number of allylic oxidation sites excluding steroid dienone is 2. The largest absolute Gasteiger partial charge is 0.457 e. The average Bonchev–Trinajstić information content (AvgIpc) is 3.33. The van der Waals surface area contributed by atoms with Crippen LogP contribution in [0.5, 0.6) is 0 Å². The molecule has 2 aliphatic heterocycles. The summed E-state index contributed by atoms with van der Waals surface area (Å²) in [6, 6.07) is 0. The normalized spacial score (nSPS) is 25.9. The van der Waals surface area contributed by atoms with Crippen LogP contribution in [0, 0.1) is 0 Å². The second-order valence-electron chi connectivity index (χ2n) is 19.8. The molecule has 402 valence electrons. The van der Waals surface area contributed by atoms with E-state index in [9.17, 15) is 40.5 Å². The molecule has 2 heterocycles. The number of carbonyl (C=O) groups is 1. The predicted octanol–water partition coefficient (Wildman–Crippen LogP) is 9.02. The lowest BCUT2D eigenvalue weighted by Crippen LogP contribution is -2.61. The van der Waals surface area contributed by atoms with Gasteiger partial charge in [0, 0.05) is 13.0 Å². The number of ether oxygens (including phenoxy) is 6. The lowest BCUT2D eigenvalue weighted by atomic mass is 9.98. The van der Waals surface area contributed by atoms with Crippen molar-refractivity contribution in [2.24, 2.45) is 0 Å². The number of carbonyl (C=O) groups excluding carboxylic acids is 1. The Labute approximate surface area is 412 Å². The van der Waals surface area contributed by atoms with Gasteiger partial charge in [-0.05, 0) is 38.5 Å². The lowest BCUT2D eigenvalue weighted by molar-refractivity contribution is -0.332. The minimum absolute atomic E-state index is 0.0669. The Morgan fingerprint density at radius 1 is 0.471 bits per heavy atom. The van der Waals surface area contributed by atoms with Crippen LogP contribution in [-0.4, -0.2) is 142 Å². The van der Waals surface area contributed by atoms with Crippen molar-refractivity contribution in [2.75, 3.05) is 33.0 Å². The molecule has 14 nitrogen and oxygen atoms in total. The molecule has 11 unspecified atom stereocenters. The number of hydrogen-bond acceptors (Lipinski definition) is 14. The zero-order valence-electron chi connectivity index (χ0n) is 42.9. The Bertz CT molecular complexity index is 1180. The van der Waals surface area contributed by atoms with Crippen molar-refractivity contribution in [3.8, 4) is 0 Å². The third kappa shape index (κ3) is 29.3. The molecule has 0 aromatic rings.